The molecule has 5 heteroatoms. The molecule has 0 aliphatic rings. The summed E-state index contributed by atoms with van der Waals surface area (Å²) in [6, 6.07) is 7.86. The zero-order valence-electron chi connectivity index (χ0n) is 14.0. The van der Waals surface area contributed by atoms with Crippen molar-refractivity contribution in [3.8, 4) is 0 Å². The smallest absolute Gasteiger partial charge is 0.234 e. The maximum Gasteiger partial charge on any atom is 0.234 e. The molecule has 0 aromatic heterocycles. The average molecular weight is 308 g/mol. The minimum Gasteiger partial charge on any atom is -0.387 e. The maximum atomic E-state index is 11.6. The van der Waals surface area contributed by atoms with E-state index in [1.807, 2.05) is 24.3 Å². The van der Waals surface area contributed by atoms with E-state index in [4.69, 9.17) is 4.74 Å². The fourth-order valence-electron chi connectivity index (χ4n) is 1.97. The quantitative estimate of drug-likeness (QED) is 0.634. The molecular formula is C17H28N2O3. The molecule has 5 nitrogen and oxygen atoms in total. The van der Waals surface area contributed by atoms with Gasteiger partial charge in [0.15, 0.2) is 0 Å². The molecule has 3 N–H and O–H groups in total. The first kappa shape index (κ1) is 18.6. The van der Waals surface area contributed by atoms with Crippen LogP contribution >= 0.6 is 0 Å². The van der Waals surface area contributed by atoms with Crippen molar-refractivity contribution in [2.75, 3.05) is 33.4 Å². The fraction of sp³-hybridized carbons (Fsp3) is 0.588. The molecule has 0 saturated carbocycles. The second kappa shape index (κ2) is 8.88. The van der Waals surface area contributed by atoms with Gasteiger partial charge < -0.3 is 20.5 Å². The molecule has 1 atom stereocenters. The molecule has 22 heavy (non-hydrogen) atoms. The highest BCUT2D eigenvalue weighted by molar-refractivity contribution is 5.78. The Morgan fingerprint density at radius 3 is 2.45 bits per heavy atom. The SMILES string of the molecule is COCCNCC(=O)NCC(O)c1ccc(C(C)(C)C)cc1. The molecular weight excluding hydrogens is 280 g/mol. The molecule has 0 aliphatic heterocycles. The molecule has 1 aromatic carbocycles. The molecule has 0 radical (unpaired) electrons. The fourth-order valence-corrected chi connectivity index (χ4v) is 1.97. The van der Waals surface area contributed by atoms with Gasteiger partial charge in [-0.1, -0.05) is 45.0 Å². The lowest BCUT2D eigenvalue weighted by molar-refractivity contribution is -0.120. The van der Waals surface area contributed by atoms with Crippen LogP contribution in [0.3, 0.4) is 0 Å². The zero-order chi connectivity index (χ0) is 16.6. The summed E-state index contributed by atoms with van der Waals surface area (Å²) in [6.45, 7) is 8.06. The van der Waals surface area contributed by atoms with Crippen LogP contribution in [0, 0.1) is 0 Å². The van der Waals surface area contributed by atoms with E-state index in [0.717, 1.165) is 5.56 Å². The Kier molecular flexibility index (Phi) is 7.51. The van der Waals surface area contributed by atoms with Gasteiger partial charge in [-0.25, -0.2) is 0 Å². The first-order chi connectivity index (χ1) is 10.3. The molecule has 1 unspecified atom stereocenters. The van der Waals surface area contributed by atoms with Crippen LogP contribution in [0.25, 0.3) is 0 Å². The number of benzene rings is 1. The summed E-state index contributed by atoms with van der Waals surface area (Å²) in [5.41, 5.74) is 2.11. The summed E-state index contributed by atoms with van der Waals surface area (Å²) < 4.78 is 4.88. The second-order valence-corrected chi connectivity index (χ2v) is 6.36. The summed E-state index contributed by atoms with van der Waals surface area (Å²) in [6.07, 6.45) is -0.697. The van der Waals surface area contributed by atoms with Crippen molar-refractivity contribution >= 4 is 5.91 Å². The lowest BCUT2D eigenvalue weighted by Gasteiger charge is -2.20. The predicted molar refractivity (Wildman–Crippen MR) is 87.9 cm³/mol. The molecule has 1 rings (SSSR count). The van der Waals surface area contributed by atoms with Gasteiger partial charge in [-0.15, -0.1) is 0 Å². The highest BCUT2D eigenvalue weighted by Crippen LogP contribution is 2.23. The van der Waals surface area contributed by atoms with Gasteiger partial charge in [0, 0.05) is 20.2 Å². The molecule has 0 saturated heterocycles. The standard InChI is InChI=1S/C17H28N2O3/c1-17(2,3)14-7-5-13(6-8-14)15(20)11-19-16(21)12-18-9-10-22-4/h5-8,15,18,20H,9-12H2,1-4H3,(H,19,21). The van der Waals surface area contributed by atoms with E-state index in [1.165, 1.54) is 5.56 Å². The van der Waals surface area contributed by atoms with Gasteiger partial charge in [-0.2, -0.15) is 0 Å². The molecule has 124 valence electrons. The van der Waals surface area contributed by atoms with E-state index in [9.17, 15) is 9.90 Å². The van der Waals surface area contributed by atoms with Gasteiger partial charge >= 0.3 is 0 Å². The van der Waals surface area contributed by atoms with Crippen LogP contribution in [-0.4, -0.2) is 44.4 Å². The van der Waals surface area contributed by atoms with E-state index in [2.05, 4.69) is 31.4 Å². The number of hydrogen-bond acceptors (Lipinski definition) is 4. The van der Waals surface area contributed by atoms with Gasteiger partial charge in [-0.05, 0) is 16.5 Å². The third-order valence-electron chi connectivity index (χ3n) is 3.42. The Hall–Kier alpha value is -1.43. The number of carbonyl (C=O) groups excluding carboxylic acids is 1. The molecule has 0 aliphatic carbocycles. The normalized spacial score (nSPS) is 13.0. The van der Waals surface area contributed by atoms with Crippen LogP contribution in [0.1, 0.15) is 38.0 Å². The van der Waals surface area contributed by atoms with Crippen molar-refractivity contribution in [1.82, 2.24) is 10.6 Å². The van der Waals surface area contributed by atoms with Gasteiger partial charge in [0.2, 0.25) is 5.91 Å². The number of hydrogen-bond donors (Lipinski definition) is 3. The van der Waals surface area contributed by atoms with Crippen molar-refractivity contribution in [3.05, 3.63) is 35.4 Å². The Balaban J connectivity index is 2.39. The second-order valence-electron chi connectivity index (χ2n) is 6.36. The lowest BCUT2D eigenvalue weighted by atomic mass is 9.86. The Labute approximate surface area is 133 Å². The van der Waals surface area contributed by atoms with Gasteiger partial charge in [0.05, 0.1) is 19.3 Å². The number of aliphatic hydroxyl groups is 1. The number of nitrogens with one attached hydrogen (secondary N) is 2. The first-order valence-corrected chi connectivity index (χ1v) is 7.59. The van der Waals surface area contributed by atoms with Crippen molar-refractivity contribution in [2.45, 2.75) is 32.3 Å². The Morgan fingerprint density at radius 1 is 1.27 bits per heavy atom. The minimum absolute atomic E-state index is 0.0889. The van der Waals surface area contributed by atoms with E-state index in [-0.39, 0.29) is 24.4 Å². The zero-order valence-corrected chi connectivity index (χ0v) is 14.0. The predicted octanol–water partition coefficient (Wildman–Crippen LogP) is 1.37. The van der Waals surface area contributed by atoms with Gasteiger partial charge in [-0.3, -0.25) is 4.79 Å². The van der Waals surface area contributed by atoms with E-state index < -0.39 is 6.10 Å². The van der Waals surface area contributed by atoms with Crippen LogP contribution in [0.4, 0.5) is 0 Å². The Morgan fingerprint density at radius 2 is 1.91 bits per heavy atom. The Bertz CT molecular complexity index is 452. The number of carbonyl (C=O) groups is 1. The van der Waals surface area contributed by atoms with Crippen molar-refractivity contribution in [3.63, 3.8) is 0 Å². The van der Waals surface area contributed by atoms with E-state index in [0.29, 0.717) is 13.2 Å². The first-order valence-electron chi connectivity index (χ1n) is 7.59. The number of amides is 1. The van der Waals surface area contributed by atoms with Crippen LogP contribution in [0.5, 0.6) is 0 Å². The summed E-state index contributed by atoms with van der Waals surface area (Å²) in [5.74, 6) is -0.138. The largest absolute Gasteiger partial charge is 0.387 e. The van der Waals surface area contributed by atoms with E-state index >= 15 is 0 Å². The number of rotatable bonds is 8. The van der Waals surface area contributed by atoms with Crippen LogP contribution < -0.4 is 10.6 Å². The molecule has 1 amide bonds. The number of aliphatic hydroxyl groups excluding tert-OH is 1. The molecule has 0 spiro atoms. The third-order valence-corrected chi connectivity index (χ3v) is 3.42. The summed E-state index contributed by atoms with van der Waals surface area (Å²) in [4.78, 5) is 11.6. The average Bonchev–Trinajstić information content (AvgIpc) is 2.48. The lowest BCUT2D eigenvalue weighted by Crippen LogP contribution is -2.37. The van der Waals surface area contributed by atoms with Crippen LogP contribution in [0.2, 0.25) is 0 Å². The number of methoxy groups -OCH3 is 1. The van der Waals surface area contributed by atoms with Gasteiger partial charge in [0.25, 0.3) is 0 Å². The summed E-state index contributed by atoms with van der Waals surface area (Å²) >= 11 is 0. The highest BCUT2D eigenvalue weighted by Gasteiger charge is 2.15. The minimum atomic E-state index is -0.697. The van der Waals surface area contributed by atoms with Gasteiger partial charge in [0.1, 0.15) is 0 Å². The summed E-state index contributed by atoms with van der Waals surface area (Å²) in [7, 11) is 1.61. The third kappa shape index (κ3) is 6.56. The molecule has 0 bridgehead atoms. The van der Waals surface area contributed by atoms with Crippen molar-refractivity contribution in [1.29, 1.82) is 0 Å². The number of ether oxygens (including phenoxy) is 1. The van der Waals surface area contributed by atoms with Crippen molar-refractivity contribution in [2.24, 2.45) is 0 Å². The van der Waals surface area contributed by atoms with E-state index in [1.54, 1.807) is 7.11 Å². The topological polar surface area (TPSA) is 70.6 Å². The highest BCUT2D eigenvalue weighted by atomic mass is 16.5. The van der Waals surface area contributed by atoms with Crippen LogP contribution in [0.15, 0.2) is 24.3 Å². The molecule has 0 heterocycles. The summed E-state index contributed by atoms with van der Waals surface area (Å²) in [5, 5.41) is 15.8. The van der Waals surface area contributed by atoms with Crippen LogP contribution in [-0.2, 0) is 14.9 Å². The van der Waals surface area contributed by atoms with Crippen molar-refractivity contribution < 1.29 is 14.6 Å². The maximum absolute atomic E-state index is 11.6. The molecule has 0 fully saturated rings. The molecule has 1 aromatic rings. The monoisotopic (exact) mass is 308 g/mol.